The third-order valence-corrected chi connectivity index (χ3v) is 4.01. The molecule has 0 bridgehead atoms. The number of ether oxygens (including phenoxy) is 1. The molecule has 1 aromatic heterocycles. The predicted molar refractivity (Wildman–Crippen MR) is 103 cm³/mol. The molecule has 2 aromatic carbocycles. The van der Waals surface area contributed by atoms with Crippen molar-refractivity contribution in [1.82, 2.24) is 9.97 Å². The second kappa shape index (κ2) is 8.26. The maximum Gasteiger partial charge on any atom is 0.359 e. The number of aromatic nitrogens is 2. The number of para-hydroxylation sites is 2. The summed E-state index contributed by atoms with van der Waals surface area (Å²) < 4.78 is 5.30. The van der Waals surface area contributed by atoms with Crippen molar-refractivity contribution in [3.63, 3.8) is 0 Å². The molecule has 0 aliphatic rings. The maximum atomic E-state index is 12.4. The standard InChI is InChI=1S/C20H18N4O4/c1-2-17(19(26)23-13-9-7-12(8-10-13)18(21)25)28-20(27)16-11-22-14-5-3-4-6-15(14)24-16/h3-11,17H,2H2,1H3,(H2,21,25)(H,23,26). The van der Waals surface area contributed by atoms with Gasteiger partial charge in [0, 0.05) is 11.3 Å². The van der Waals surface area contributed by atoms with Crippen molar-refractivity contribution in [2.45, 2.75) is 19.4 Å². The molecule has 0 saturated carbocycles. The highest BCUT2D eigenvalue weighted by Gasteiger charge is 2.23. The Labute approximate surface area is 160 Å². The smallest absolute Gasteiger partial charge is 0.359 e. The van der Waals surface area contributed by atoms with E-state index in [-0.39, 0.29) is 12.1 Å². The fourth-order valence-electron chi connectivity index (χ4n) is 2.51. The van der Waals surface area contributed by atoms with Crippen molar-refractivity contribution in [3.05, 3.63) is 66.0 Å². The summed E-state index contributed by atoms with van der Waals surface area (Å²) in [5, 5.41) is 2.64. The van der Waals surface area contributed by atoms with Crippen LogP contribution in [-0.4, -0.2) is 33.9 Å². The first-order chi connectivity index (χ1) is 13.5. The normalized spacial score (nSPS) is 11.6. The number of fused-ring (bicyclic) bond motifs is 1. The van der Waals surface area contributed by atoms with Gasteiger partial charge in [-0.05, 0) is 42.8 Å². The zero-order chi connectivity index (χ0) is 20.1. The molecule has 0 spiro atoms. The van der Waals surface area contributed by atoms with Crippen LogP contribution in [0.15, 0.2) is 54.7 Å². The second-order valence-electron chi connectivity index (χ2n) is 5.98. The molecule has 3 aromatic rings. The van der Waals surface area contributed by atoms with E-state index in [1.165, 1.54) is 18.3 Å². The molecule has 3 N–H and O–H groups in total. The van der Waals surface area contributed by atoms with E-state index in [1.54, 1.807) is 37.3 Å². The minimum Gasteiger partial charge on any atom is -0.447 e. The van der Waals surface area contributed by atoms with Gasteiger partial charge in [0.25, 0.3) is 5.91 Å². The summed E-state index contributed by atoms with van der Waals surface area (Å²) in [6.07, 6.45) is 0.590. The van der Waals surface area contributed by atoms with Gasteiger partial charge in [0.05, 0.1) is 17.2 Å². The van der Waals surface area contributed by atoms with Crippen LogP contribution in [0, 0.1) is 0 Å². The van der Waals surface area contributed by atoms with Crippen molar-refractivity contribution >= 4 is 34.5 Å². The molecule has 0 radical (unpaired) electrons. The molecule has 8 nitrogen and oxygen atoms in total. The Morgan fingerprint density at radius 1 is 1.07 bits per heavy atom. The number of carbonyl (C=O) groups excluding carboxylic acids is 3. The van der Waals surface area contributed by atoms with E-state index < -0.39 is 23.9 Å². The van der Waals surface area contributed by atoms with E-state index in [9.17, 15) is 14.4 Å². The average molecular weight is 378 g/mol. The van der Waals surface area contributed by atoms with Crippen LogP contribution in [0.2, 0.25) is 0 Å². The molecule has 8 heteroatoms. The number of benzene rings is 2. The summed E-state index contributed by atoms with van der Waals surface area (Å²) in [7, 11) is 0. The lowest BCUT2D eigenvalue weighted by Crippen LogP contribution is -2.32. The minimum atomic E-state index is -1.00. The number of nitrogens with zero attached hydrogens (tertiary/aromatic N) is 2. The van der Waals surface area contributed by atoms with Gasteiger partial charge >= 0.3 is 5.97 Å². The van der Waals surface area contributed by atoms with Gasteiger partial charge in [-0.25, -0.2) is 9.78 Å². The van der Waals surface area contributed by atoms with E-state index in [1.807, 2.05) is 6.07 Å². The molecular weight excluding hydrogens is 360 g/mol. The number of hydrogen-bond donors (Lipinski definition) is 2. The van der Waals surface area contributed by atoms with E-state index in [2.05, 4.69) is 15.3 Å². The van der Waals surface area contributed by atoms with E-state index in [4.69, 9.17) is 10.5 Å². The van der Waals surface area contributed by atoms with Gasteiger partial charge in [-0.15, -0.1) is 0 Å². The number of primary amides is 1. The van der Waals surface area contributed by atoms with E-state index in [0.717, 1.165) is 0 Å². The monoisotopic (exact) mass is 378 g/mol. The highest BCUT2D eigenvalue weighted by Crippen LogP contribution is 2.13. The van der Waals surface area contributed by atoms with Gasteiger partial charge in [-0.2, -0.15) is 0 Å². The minimum absolute atomic E-state index is 0.0239. The van der Waals surface area contributed by atoms with Gasteiger partial charge in [-0.3, -0.25) is 14.6 Å². The summed E-state index contributed by atoms with van der Waals surface area (Å²) in [4.78, 5) is 44.3. The topological polar surface area (TPSA) is 124 Å². The van der Waals surface area contributed by atoms with Crippen molar-refractivity contribution in [2.75, 3.05) is 5.32 Å². The number of esters is 1. The zero-order valence-corrected chi connectivity index (χ0v) is 15.1. The Hall–Kier alpha value is -3.81. The first-order valence-corrected chi connectivity index (χ1v) is 8.61. The van der Waals surface area contributed by atoms with E-state index in [0.29, 0.717) is 22.3 Å². The van der Waals surface area contributed by atoms with Gasteiger partial charge < -0.3 is 15.8 Å². The number of carbonyl (C=O) groups is 3. The Balaban J connectivity index is 1.68. The lowest BCUT2D eigenvalue weighted by atomic mass is 10.2. The largest absolute Gasteiger partial charge is 0.447 e. The number of hydrogen-bond acceptors (Lipinski definition) is 6. The third kappa shape index (κ3) is 4.29. The van der Waals surface area contributed by atoms with E-state index >= 15 is 0 Å². The van der Waals surface area contributed by atoms with Crippen molar-refractivity contribution in [2.24, 2.45) is 5.73 Å². The molecule has 2 amide bonds. The van der Waals surface area contributed by atoms with Gasteiger partial charge in [0.2, 0.25) is 5.91 Å². The summed E-state index contributed by atoms with van der Waals surface area (Å²) in [5.41, 5.74) is 7.20. The van der Waals surface area contributed by atoms with Crippen LogP contribution in [0.5, 0.6) is 0 Å². The van der Waals surface area contributed by atoms with Crippen LogP contribution in [-0.2, 0) is 9.53 Å². The molecule has 1 atom stereocenters. The van der Waals surface area contributed by atoms with Gasteiger partial charge in [-0.1, -0.05) is 19.1 Å². The molecule has 0 fully saturated rings. The predicted octanol–water partition coefficient (Wildman–Crippen LogP) is 2.30. The highest BCUT2D eigenvalue weighted by molar-refractivity contribution is 5.98. The molecule has 142 valence electrons. The molecule has 1 unspecified atom stereocenters. The first kappa shape index (κ1) is 19.0. The van der Waals surface area contributed by atoms with Crippen LogP contribution in [0.25, 0.3) is 11.0 Å². The Kier molecular flexibility index (Phi) is 5.59. The summed E-state index contributed by atoms with van der Waals surface area (Å²) in [6.45, 7) is 1.72. The molecular formula is C20H18N4O4. The maximum absolute atomic E-state index is 12.4. The lowest BCUT2D eigenvalue weighted by Gasteiger charge is -2.16. The SMILES string of the molecule is CCC(OC(=O)c1cnc2ccccc2n1)C(=O)Nc1ccc(C(N)=O)cc1. The lowest BCUT2D eigenvalue weighted by molar-refractivity contribution is -0.124. The summed E-state index contributed by atoms with van der Waals surface area (Å²) in [5.74, 6) is -1.78. The third-order valence-electron chi connectivity index (χ3n) is 4.01. The quantitative estimate of drug-likeness (QED) is 0.634. The molecule has 1 heterocycles. The zero-order valence-electron chi connectivity index (χ0n) is 15.1. The molecule has 28 heavy (non-hydrogen) atoms. The summed E-state index contributed by atoms with van der Waals surface area (Å²) >= 11 is 0. The average Bonchev–Trinajstić information content (AvgIpc) is 2.71. The Bertz CT molecular complexity index is 1030. The van der Waals surface area contributed by atoms with Crippen molar-refractivity contribution in [1.29, 1.82) is 0 Å². The van der Waals surface area contributed by atoms with Crippen LogP contribution in [0.3, 0.4) is 0 Å². The van der Waals surface area contributed by atoms with Crippen molar-refractivity contribution < 1.29 is 19.1 Å². The number of nitrogens with one attached hydrogen (secondary N) is 1. The first-order valence-electron chi connectivity index (χ1n) is 8.61. The number of rotatable bonds is 6. The summed E-state index contributed by atoms with van der Waals surface area (Å²) in [6, 6.07) is 13.2. The van der Waals surface area contributed by atoms with Crippen LogP contribution < -0.4 is 11.1 Å². The van der Waals surface area contributed by atoms with Crippen LogP contribution >= 0.6 is 0 Å². The van der Waals surface area contributed by atoms with Crippen LogP contribution in [0.4, 0.5) is 5.69 Å². The fourth-order valence-corrected chi connectivity index (χ4v) is 2.51. The number of anilines is 1. The molecule has 0 aliphatic carbocycles. The fraction of sp³-hybridized carbons (Fsp3) is 0.150. The highest BCUT2D eigenvalue weighted by atomic mass is 16.5. The van der Waals surface area contributed by atoms with Crippen LogP contribution in [0.1, 0.15) is 34.2 Å². The van der Waals surface area contributed by atoms with Crippen molar-refractivity contribution in [3.8, 4) is 0 Å². The van der Waals surface area contributed by atoms with Gasteiger partial charge in [0.1, 0.15) is 0 Å². The number of amides is 2. The Morgan fingerprint density at radius 3 is 2.39 bits per heavy atom. The molecule has 0 saturated heterocycles. The molecule has 3 rings (SSSR count). The van der Waals surface area contributed by atoms with Gasteiger partial charge in [0.15, 0.2) is 11.8 Å². The second-order valence-corrected chi connectivity index (χ2v) is 5.98. The number of nitrogens with two attached hydrogens (primary N) is 1. The molecule has 0 aliphatic heterocycles. The Morgan fingerprint density at radius 2 is 1.75 bits per heavy atom.